The Morgan fingerprint density at radius 2 is 1.85 bits per heavy atom. The molecule has 0 saturated heterocycles. The van der Waals surface area contributed by atoms with Crippen LogP contribution in [0.2, 0.25) is 0 Å². The highest BCUT2D eigenvalue weighted by Gasteiger charge is 2.08. The minimum absolute atomic E-state index is 0.0938. The first-order valence-corrected chi connectivity index (χ1v) is 6.28. The van der Waals surface area contributed by atoms with Crippen molar-refractivity contribution >= 4 is 16.5 Å². The van der Waals surface area contributed by atoms with Crippen molar-refractivity contribution in [1.29, 1.82) is 0 Å². The molecule has 0 aliphatic carbocycles. The van der Waals surface area contributed by atoms with Crippen LogP contribution < -0.4 is 11.3 Å². The van der Waals surface area contributed by atoms with Crippen LogP contribution in [0.5, 0.6) is 0 Å². The molecule has 4 heteroatoms. The lowest BCUT2D eigenvalue weighted by molar-refractivity contribution is 0.601. The van der Waals surface area contributed by atoms with Crippen LogP contribution in [-0.2, 0) is 6.54 Å². The number of rotatable bonds is 2. The van der Waals surface area contributed by atoms with Gasteiger partial charge in [0.25, 0.3) is 5.56 Å². The molecule has 0 fully saturated rings. The number of nitrogens with two attached hydrogens (primary N) is 1. The van der Waals surface area contributed by atoms with Gasteiger partial charge in [0.2, 0.25) is 0 Å². The van der Waals surface area contributed by atoms with E-state index in [0.717, 1.165) is 5.39 Å². The summed E-state index contributed by atoms with van der Waals surface area (Å²) in [6.07, 6.45) is 1.67. The van der Waals surface area contributed by atoms with Gasteiger partial charge in [-0.1, -0.05) is 30.3 Å². The van der Waals surface area contributed by atoms with Crippen molar-refractivity contribution in [3.05, 3.63) is 76.5 Å². The summed E-state index contributed by atoms with van der Waals surface area (Å²) in [6, 6.07) is 14.0. The number of fused-ring (bicyclic) bond motifs is 1. The lowest BCUT2D eigenvalue weighted by Crippen LogP contribution is -2.20. The number of halogens is 1. The first-order valence-electron chi connectivity index (χ1n) is 6.28. The molecule has 0 radical (unpaired) electrons. The van der Waals surface area contributed by atoms with E-state index in [2.05, 4.69) is 0 Å². The van der Waals surface area contributed by atoms with Gasteiger partial charge in [-0.15, -0.1) is 0 Å². The smallest absolute Gasteiger partial charge is 0.258 e. The van der Waals surface area contributed by atoms with Crippen LogP contribution in [0.4, 0.5) is 10.1 Å². The number of hydrogen-bond acceptors (Lipinski definition) is 2. The normalized spacial score (nSPS) is 10.8. The lowest BCUT2D eigenvalue weighted by Gasteiger charge is -2.09. The monoisotopic (exact) mass is 268 g/mol. The van der Waals surface area contributed by atoms with Gasteiger partial charge in [0.1, 0.15) is 0 Å². The average Bonchev–Trinajstić information content (AvgIpc) is 2.47. The minimum atomic E-state index is -0.465. The summed E-state index contributed by atoms with van der Waals surface area (Å²) in [4.78, 5) is 12.3. The molecule has 1 heterocycles. The fraction of sp³-hybridized carbons (Fsp3) is 0.0625. The standard InChI is InChI=1S/C16H13FN2O/c17-15-12(5-3-7-14(15)18)10-19-9-8-11-4-1-2-6-13(11)16(19)20/h1-9H,10,18H2. The largest absolute Gasteiger partial charge is 0.396 e. The van der Waals surface area contributed by atoms with E-state index in [1.807, 2.05) is 24.3 Å². The van der Waals surface area contributed by atoms with E-state index < -0.39 is 5.82 Å². The molecule has 0 bridgehead atoms. The zero-order valence-electron chi connectivity index (χ0n) is 10.7. The number of nitrogen functional groups attached to an aromatic ring is 1. The first-order chi connectivity index (χ1) is 9.66. The van der Waals surface area contributed by atoms with Crippen LogP contribution in [0.3, 0.4) is 0 Å². The van der Waals surface area contributed by atoms with E-state index in [0.29, 0.717) is 10.9 Å². The maximum atomic E-state index is 13.9. The van der Waals surface area contributed by atoms with E-state index in [-0.39, 0.29) is 17.8 Å². The predicted molar refractivity (Wildman–Crippen MR) is 78.1 cm³/mol. The summed E-state index contributed by atoms with van der Waals surface area (Å²) in [7, 11) is 0. The molecule has 100 valence electrons. The maximum absolute atomic E-state index is 13.9. The number of anilines is 1. The van der Waals surface area contributed by atoms with Crippen molar-refractivity contribution in [2.45, 2.75) is 6.54 Å². The number of hydrogen-bond donors (Lipinski definition) is 1. The van der Waals surface area contributed by atoms with Gasteiger partial charge in [0, 0.05) is 17.1 Å². The van der Waals surface area contributed by atoms with Gasteiger partial charge in [0.05, 0.1) is 12.2 Å². The molecule has 3 aromatic rings. The highest BCUT2D eigenvalue weighted by molar-refractivity contribution is 5.81. The van der Waals surface area contributed by atoms with Crippen LogP contribution in [0.25, 0.3) is 10.8 Å². The van der Waals surface area contributed by atoms with Gasteiger partial charge in [-0.3, -0.25) is 4.79 Å². The van der Waals surface area contributed by atoms with Gasteiger partial charge in [-0.2, -0.15) is 0 Å². The van der Waals surface area contributed by atoms with E-state index in [1.54, 1.807) is 24.4 Å². The fourth-order valence-electron chi connectivity index (χ4n) is 2.26. The molecule has 20 heavy (non-hydrogen) atoms. The van der Waals surface area contributed by atoms with Crippen molar-refractivity contribution in [1.82, 2.24) is 4.57 Å². The van der Waals surface area contributed by atoms with Gasteiger partial charge in [0.15, 0.2) is 5.82 Å². The minimum Gasteiger partial charge on any atom is -0.396 e. The molecule has 1 aromatic heterocycles. The summed E-state index contributed by atoms with van der Waals surface area (Å²) in [5.41, 5.74) is 5.90. The van der Waals surface area contributed by atoms with Crippen molar-refractivity contribution in [3.63, 3.8) is 0 Å². The molecule has 0 amide bonds. The summed E-state index contributed by atoms with van der Waals surface area (Å²) in [5, 5.41) is 1.50. The Labute approximate surface area is 115 Å². The zero-order valence-corrected chi connectivity index (χ0v) is 10.7. The Kier molecular flexibility index (Phi) is 2.99. The molecule has 0 aliphatic heterocycles. The molecule has 0 atom stereocenters. The number of aromatic nitrogens is 1. The van der Waals surface area contributed by atoms with E-state index in [1.165, 1.54) is 10.6 Å². The van der Waals surface area contributed by atoms with Crippen molar-refractivity contribution < 1.29 is 4.39 Å². The van der Waals surface area contributed by atoms with Crippen LogP contribution in [0.15, 0.2) is 59.5 Å². The van der Waals surface area contributed by atoms with Crippen LogP contribution >= 0.6 is 0 Å². The molecule has 0 unspecified atom stereocenters. The molecular formula is C16H13FN2O. The molecule has 2 N–H and O–H groups in total. The van der Waals surface area contributed by atoms with Crippen LogP contribution in [-0.4, -0.2) is 4.57 Å². The Hall–Kier alpha value is -2.62. The highest BCUT2D eigenvalue weighted by atomic mass is 19.1. The fourth-order valence-corrected chi connectivity index (χ4v) is 2.26. The Morgan fingerprint density at radius 1 is 1.05 bits per heavy atom. The van der Waals surface area contributed by atoms with Crippen molar-refractivity contribution in [2.24, 2.45) is 0 Å². The summed E-state index contributed by atoms with van der Waals surface area (Å²) >= 11 is 0. The Morgan fingerprint density at radius 3 is 2.70 bits per heavy atom. The Balaban J connectivity index is 2.10. The molecule has 0 spiro atoms. The zero-order chi connectivity index (χ0) is 14.1. The highest BCUT2D eigenvalue weighted by Crippen LogP contribution is 2.16. The van der Waals surface area contributed by atoms with Crippen molar-refractivity contribution in [3.8, 4) is 0 Å². The predicted octanol–water partition coefficient (Wildman–Crippen LogP) is 2.77. The van der Waals surface area contributed by atoms with Gasteiger partial charge in [-0.05, 0) is 23.6 Å². The topological polar surface area (TPSA) is 48.0 Å². The van der Waals surface area contributed by atoms with Gasteiger partial charge in [-0.25, -0.2) is 4.39 Å². The molecular weight excluding hydrogens is 255 g/mol. The second-order valence-corrected chi connectivity index (χ2v) is 4.66. The SMILES string of the molecule is Nc1cccc(Cn2ccc3ccccc3c2=O)c1F. The molecule has 3 nitrogen and oxygen atoms in total. The van der Waals surface area contributed by atoms with Crippen LogP contribution in [0.1, 0.15) is 5.56 Å². The summed E-state index contributed by atoms with van der Waals surface area (Å²) < 4.78 is 15.4. The second-order valence-electron chi connectivity index (χ2n) is 4.66. The molecule has 2 aromatic carbocycles. The van der Waals surface area contributed by atoms with Gasteiger partial charge >= 0.3 is 0 Å². The maximum Gasteiger partial charge on any atom is 0.258 e. The quantitative estimate of drug-likeness (QED) is 0.726. The van der Waals surface area contributed by atoms with E-state index in [9.17, 15) is 9.18 Å². The first kappa shape index (κ1) is 12.4. The number of nitrogens with zero attached hydrogens (tertiary/aromatic N) is 1. The van der Waals surface area contributed by atoms with E-state index >= 15 is 0 Å². The average molecular weight is 268 g/mol. The second kappa shape index (κ2) is 4.81. The molecule has 3 rings (SSSR count). The Bertz CT molecular complexity index is 839. The lowest BCUT2D eigenvalue weighted by atomic mass is 10.1. The number of pyridine rings is 1. The van der Waals surface area contributed by atoms with Gasteiger partial charge < -0.3 is 10.3 Å². The third-order valence-electron chi connectivity index (χ3n) is 3.34. The third-order valence-corrected chi connectivity index (χ3v) is 3.34. The molecule has 0 aliphatic rings. The summed E-state index contributed by atoms with van der Waals surface area (Å²) in [5.74, 6) is -0.465. The van der Waals surface area contributed by atoms with Crippen LogP contribution in [0, 0.1) is 5.82 Å². The molecule has 0 saturated carbocycles. The third kappa shape index (κ3) is 2.05. The van der Waals surface area contributed by atoms with E-state index in [4.69, 9.17) is 5.73 Å². The summed E-state index contributed by atoms with van der Waals surface area (Å²) in [6.45, 7) is 0.167. The van der Waals surface area contributed by atoms with Crippen molar-refractivity contribution in [2.75, 3.05) is 5.73 Å². The number of benzene rings is 2.